The summed E-state index contributed by atoms with van der Waals surface area (Å²) in [5.74, 6) is 0.706. The van der Waals surface area contributed by atoms with Gasteiger partial charge in [-0.25, -0.2) is 0 Å². The van der Waals surface area contributed by atoms with Crippen LogP contribution in [0.2, 0.25) is 0 Å². The molecule has 0 spiro atoms. The third-order valence-electron chi connectivity index (χ3n) is 6.00. The second-order valence-electron chi connectivity index (χ2n) is 8.56. The Morgan fingerprint density at radius 3 is 2.66 bits per heavy atom. The molecule has 2 heterocycles. The minimum Gasteiger partial charge on any atom is -0.502 e. The van der Waals surface area contributed by atoms with Gasteiger partial charge in [-0.3, -0.25) is 4.79 Å². The van der Waals surface area contributed by atoms with E-state index < -0.39 is 0 Å². The van der Waals surface area contributed by atoms with Crippen molar-refractivity contribution in [2.75, 3.05) is 45.1 Å². The average Bonchev–Trinajstić information content (AvgIpc) is 2.89. The van der Waals surface area contributed by atoms with E-state index >= 15 is 0 Å². The summed E-state index contributed by atoms with van der Waals surface area (Å²) in [6.07, 6.45) is 4.40. The van der Waals surface area contributed by atoms with Crippen LogP contribution in [0.4, 0.5) is 5.69 Å². The Morgan fingerprint density at radius 1 is 1.14 bits per heavy atom. The van der Waals surface area contributed by atoms with Gasteiger partial charge >= 0.3 is 0 Å². The quantitative estimate of drug-likeness (QED) is 0.324. The summed E-state index contributed by atoms with van der Waals surface area (Å²) in [6.45, 7) is 5.77. The van der Waals surface area contributed by atoms with Gasteiger partial charge < -0.3 is 31.1 Å². The number of carbonyl (C=O) groups is 1. The van der Waals surface area contributed by atoms with Crippen LogP contribution in [-0.2, 0) is 17.8 Å². The standard InChI is InChI=1S/C26H32N6O3/c27-22-18-30-32(23-3-1-2-4-24(23)33)19-25(22)35-16-10-20-5-7-21(8-6-20)17-29-26(34)9-13-31-14-11-28-12-15-31/h1-8,18-19,27-28H,9-17H2,(H2,29,33,34)/p+1. The van der Waals surface area contributed by atoms with E-state index in [2.05, 4.69) is 20.6 Å². The molecule has 5 N–H and O–H groups in total. The van der Waals surface area contributed by atoms with Crippen molar-refractivity contribution in [3.05, 3.63) is 72.1 Å². The van der Waals surface area contributed by atoms with Crippen molar-refractivity contribution in [3.63, 3.8) is 0 Å². The highest BCUT2D eigenvalue weighted by molar-refractivity contribution is 5.76. The van der Waals surface area contributed by atoms with Crippen molar-refractivity contribution >= 4 is 11.6 Å². The molecule has 0 radical (unpaired) electrons. The molecule has 0 atom stereocenters. The molecule has 1 fully saturated rings. The second-order valence-corrected chi connectivity index (χ2v) is 8.56. The lowest BCUT2D eigenvalue weighted by molar-refractivity contribution is -0.660. The topological polar surface area (TPSA) is 117 Å². The minimum atomic E-state index is 0.0806. The van der Waals surface area contributed by atoms with Crippen molar-refractivity contribution < 1.29 is 19.3 Å². The number of ether oxygens (including phenoxy) is 1. The molecule has 3 aromatic rings. The normalized spacial score (nSPS) is 13.9. The molecule has 35 heavy (non-hydrogen) atoms. The number of piperazine rings is 1. The minimum absolute atomic E-state index is 0.0806. The Balaban J connectivity index is 1.22. The summed E-state index contributed by atoms with van der Waals surface area (Å²) < 4.78 is 7.43. The molecule has 4 rings (SSSR count). The highest BCUT2D eigenvalue weighted by atomic mass is 16.5. The van der Waals surface area contributed by atoms with Gasteiger partial charge in [0, 0.05) is 63.3 Å². The van der Waals surface area contributed by atoms with Gasteiger partial charge in [0.05, 0.1) is 6.61 Å². The fourth-order valence-electron chi connectivity index (χ4n) is 3.90. The predicted molar refractivity (Wildman–Crippen MR) is 133 cm³/mol. The van der Waals surface area contributed by atoms with Crippen LogP contribution in [0, 0.1) is 0 Å². The number of phenolic OH excluding ortho intramolecular Hbond substituents is 1. The van der Waals surface area contributed by atoms with Crippen LogP contribution >= 0.6 is 0 Å². The average molecular weight is 478 g/mol. The van der Waals surface area contributed by atoms with E-state index in [1.807, 2.05) is 30.3 Å². The number of aromatic nitrogens is 2. The Kier molecular flexibility index (Phi) is 8.48. The number of aromatic hydroxyl groups is 1. The first-order valence-corrected chi connectivity index (χ1v) is 11.9. The maximum absolute atomic E-state index is 12.2. The molecule has 0 saturated carbocycles. The van der Waals surface area contributed by atoms with Crippen LogP contribution in [-0.4, -0.2) is 60.3 Å². The van der Waals surface area contributed by atoms with Crippen LogP contribution in [0.25, 0.3) is 5.69 Å². The monoisotopic (exact) mass is 477 g/mol. The molecule has 0 aliphatic carbocycles. The van der Waals surface area contributed by atoms with E-state index in [1.165, 1.54) is 10.9 Å². The summed E-state index contributed by atoms with van der Waals surface area (Å²) in [5, 5.41) is 20.6. The highest BCUT2D eigenvalue weighted by Crippen LogP contribution is 2.20. The van der Waals surface area contributed by atoms with Gasteiger partial charge in [0.2, 0.25) is 17.9 Å². The van der Waals surface area contributed by atoms with Gasteiger partial charge in [-0.1, -0.05) is 36.4 Å². The van der Waals surface area contributed by atoms with Crippen LogP contribution < -0.4 is 25.8 Å². The SMILES string of the molecule is Nc1cn[n+](-c2ccccc2O)cc1OCCc1ccc(CNC(=O)CCN2CCNCC2)cc1. The lowest BCUT2D eigenvalue weighted by Crippen LogP contribution is -2.44. The van der Waals surface area contributed by atoms with Crippen molar-refractivity contribution in [1.29, 1.82) is 0 Å². The Labute approximate surface area is 205 Å². The number of nitrogens with zero attached hydrogens (tertiary/aromatic N) is 3. The van der Waals surface area contributed by atoms with E-state index in [0.29, 0.717) is 43.1 Å². The predicted octanol–water partition coefficient (Wildman–Crippen LogP) is 1.18. The number of phenols is 1. The molecular weight excluding hydrogens is 444 g/mol. The van der Waals surface area contributed by atoms with Crippen molar-refractivity contribution in [1.82, 2.24) is 20.6 Å². The number of anilines is 1. The molecule has 184 valence electrons. The van der Waals surface area contributed by atoms with Gasteiger partial charge in [-0.05, 0) is 21.9 Å². The molecule has 1 aliphatic heterocycles. The van der Waals surface area contributed by atoms with Crippen molar-refractivity contribution in [3.8, 4) is 17.2 Å². The van der Waals surface area contributed by atoms with Gasteiger partial charge in [-0.15, -0.1) is 0 Å². The number of nitrogens with two attached hydrogens (primary N) is 1. The fraction of sp³-hybridized carbons (Fsp3) is 0.346. The van der Waals surface area contributed by atoms with Crippen LogP contribution in [0.15, 0.2) is 60.9 Å². The van der Waals surface area contributed by atoms with Crippen LogP contribution in [0.1, 0.15) is 17.5 Å². The number of nitrogen functional groups attached to an aromatic ring is 1. The van der Waals surface area contributed by atoms with E-state index in [1.54, 1.807) is 24.4 Å². The van der Waals surface area contributed by atoms with Crippen molar-refractivity contribution in [2.24, 2.45) is 0 Å². The van der Waals surface area contributed by atoms with Gasteiger partial charge in [-0.2, -0.15) is 0 Å². The lowest BCUT2D eigenvalue weighted by atomic mass is 10.1. The molecule has 1 aromatic heterocycles. The molecule has 1 aliphatic rings. The molecular formula is C26H33N6O3+. The zero-order chi connectivity index (χ0) is 24.5. The maximum Gasteiger partial charge on any atom is 0.279 e. The first-order valence-electron chi connectivity index (χ1n) is 11.9. The molecule has 9 heteroatoms. The molecule has 2 aromatic carbocycles. The summed E-state index contributed by atoms with van der Waals surface area (Å²) >= 11 is 0. The zero-order valence-corrected chi connectivity index (χ0v) is 19.8. The summed E-state index contributed by atoms with van der Waals surface area (Å²) in [7, 11) is 0. The number of nitrogens with one attached hydrogen (secondary N) is 2. The highest BCUT2D eigenvalue weighted by Gasteiger charge is 2.17. The summed E-state index contributed by atoms with van der Waals surface area (Å²) in [4.78, 5) is 14.5. The number of benzene rings is 2. The first-order chi connectivity index (χ1) is 17.1. The maximum atomic E-state index is 12.2. The van der Waals surface area contributed by atoms with E-state index in [4.69, 9.17) is 10.5 Å². The van der Waals surface area contributed by atoms with Gasteiger partial charge in [0.1, 0.15) is 11.9 Å². The zero-order valence-electron chi connectivity index (χ0n) is 19.8. The molecule has 9 nitrogen and oxygen atoms in total. The number of hydrogen-bond donors (Lipinski definition) is 4. The third-order valence-corrected chi connectivity index (χ3v) is 6.00. The third kappa shape index (κ3) is 7.14. The largest absolute Gasteiger partial charge is 0.502 e. The Morgan fingerprint density at radius 2 is 1.89 bits per heavy atom. The first kappa shape index (κ1) is 24.4. The Bertz CT molecular complexity index is 1120. The Hall–Kier alpha value is -3.69. The number of rotatable bonds is 10. The molecule has 0 unspecified atom stereocenters. The van der Waals surface area contributed by atoms with Gasteiger partial charge in [0.15, 0.2) is 5.75 Å². The van der Waals surface area contributed by atoms with E-state index in [0.717, 1.165) is 43.9 Å². The number of amides is 1. The lowest BCUT2D eigenvalue weighted by Gasteiger charge is -2.26. The molecule has 0 bridgehead atoms. The van der Waals surface area contributed by atoms with Gasteiger partial charge in [0.25, 0.3) is 5.69 Å². The van der Waals surface area contributed by atoms with Crippen LogP contribution in [0.3, 0.4) is 0 Å². The van der Waals surface area contributed by atoms with Crippen LogP contribution in [0.5, 0.6) is 11.5 Å². The van der Waals surface area contributed by atoms with E-state index in [9.17, 15) is 9.90 Å². The number of hydrogen-bond acceptors (Lipinski definition) is 7. The second kappa shape index (κ2) is 12.1. The summed E-state index contributed by atoms with van der Waals surface area (Å²) in [5.41, 5.74) is 9.19. The smallest absolute Gasteiger partial charge is 0.279 e. The molecule has 1 amide bonds. The van der Waals surface area contributed by atoms with E-state index in [-0.39, 0.29) is 11.7 Å². The summed E-state index contributed by atoms with van der Waals surface area (Å²) in [6, 6.07) is 15.1. The number of para-hydroxylation sites is 2. The molecule has 1 saturated heterocycles. The number of carbonyl (C=O) groups excluding carboxylic acids is 1. The van der Waals surface area contributed by atoms with Crippen molar-refractivity contribution in [2.45, 2.75) is 19.4 Å². The fourth-order valence-corrected chi connectivity index (χ4v) is 3.90.